The Balaban J connectivity index is 2.09. The van der Waals surface area contributed by atoms with Gasteiger partial charge < -0.3 is 18.9 Å². The molecule has 1 heterocycles. The lowest BCUT2D eigenvalue weighted by molar-refractivity contribution is 0.324. The van der Waals surface area contributed by atoms with Gasteiger partial charge in [0.2, 0.25) is 10.5 Å². The molecule has 0 aliphatic heterocycles. The van der Waals surface area contributed by atoms with Gasteiger partial charge in [-0.15, -0.1) is 0 Å². The maximum atomic E-state index is 5.41. The molecule has 0 aliphatic carbocycles. The van der Waals surface area contributed by atoms with Crippen LogP contribution in [0.25, 0.3) is 11.4 Å². The number of rotatable bonds is 7. The molecular weight excluding hydrogens is 380 g/mol. The normalized spacial score (nSPS) is 10.9. The van der Waals surface area contributed by atoms with Gasteiger partial charge in [0.25, 0.3) is 0 Å². The molecule has 8 nitrogen and oxygen atoms in total. The summed E-state index contributed by atoms with van der Waals surface area (Å²) in [4.78, 5) is 0. The molecule has 0 fully saturated rings. The molecule has 9 heteroatoms. The van der Waals surface area contributed by atoms with E-state index in [0.717, 1.165) is 5.56 Å². The van der Waals surface area contributed by atoms with E-state index in [9.17, 15) is 0 Å². The molecule has 0 saturated carbocycles. The summed E-state index contributed by atoms with van der Waals surface area (Å²) in [6.45, 7) is 0. The van der Waals surface area contributed by atoms with Gasteiger partial charge in [-0.2, -0.15) is 14.9 Å². The number of benzene rings is 2. The molecule has 0 unspecified atom stereocenters. The summed E-state index contributed by atoms with van der Waals surface area (Å²) >= 11 is 5.33. The molecule has 28 heavy (non-hydrogen) atoms. The van der Waals surface area contributed by atoms with Crippen LogP contribution >= 0.6 is 12.2 Å². The fourth-order valence-corrected chi connectivity index (χ4v) is 2.87. The van der Waals surface area contributed by atoms with Crippen molar-refractivity contribution < 1.29 is 18.9 Å². The molecule has 1 aromatic heterocycles. The Bertz CT molecular complexity index is 1030. The van der Waals surface area contributed by atoms with Crippen LogP contribution in [0, 0.1) is 4.77 Å². The van der Waals surface area contributed by atoms with Gasteiger partial charge in [0, 0.05) is 11.1 Å². The third kappa shape index (κ3) is 3.70. The third-order valence-electron chi connectivity index (χ3n) is 4.02. The zero-order valence-electron chi connectivity index (χ0n) is 15.9. The molecule has 0 aliphatic rings. The number of aromatic amines is 1. The van der Waals surface area contributed by atoms with E-state index in [-0.39, 0.29) is 0 Å². The number of nitrogens with zero attached hydrogens (tertiary/aromatic N) is 3. The second-order valence-electron chi connectivity index (χ2n) is 5.56. The Hall–Kier alpha value is -3.33. The quantitative estimate of drug-likeness (QED) is 0.483. The van der Waals surface area contributed by atoms with E-state index >= 15 is 0 Å². The molecule has 0 amide bonds. The van der Waals surface area contributed by atoms with Crippen molar-refractivity contribution in [2.75, 3.05) is 28.4 Å². The molecular formula is C19H20N4O4S. The number of hydrogen-bond donors (Lipinski definition) is 1. The SMILES string of the molecule is COc1ccccc1/C=N\n1c(-c2cc(OC)c(OC)c(OC)c2)n[nH]c1=S. The van der Waals surface area contributed by atoms with Gasteiger partial charge in [-0.05, 0) is 36.5 Å². The molecule has 2 aromatic carbocycles. The summed E-state index contributed by atoms with van der Waals surface area (Å²) in [5.74, 6) is 2.70. The number of hydrogen-bond acceptors (Lipinski definition) is 7. The Morgan fingerprint density at radius 2 is 1.61 bits per heavy atom. The van der Waals surface area contributed by atoms with Crippen LogP contribution in [0.5, 0.6) is 23.0 Å². The maximum Gasteiger partial charge on any atom is 0.216 e. The Labute approximate surface area is 167 Å². The van der Waals surface area contributed by atoms with Gasteiger partial charge in [-0.25, -0.2) is 5.10 Å². The monoisotopic (exact) mass is 400 g/mol. The molecule has 3 aromatic rings. The highest BCUT2D eigenvalue weighted by molar-refractivity contribution is 7.71. The lowest BCUT2D eigenvalue weighted by Crippen LogP contribution is -1.99. The number of ether oxygens (including phenoxy) is 4. The van der Waals surface area contributed by atoms with E-state index < -0.39 is 0 Å². The highest BCUT2D eigenvalue weighted by Gasteiger charge is 2.17. The van der Waals surface area contributed by atoms with E-state index in [1.54, 1.807) is 46.8 Å². The Morgan fingerprint density at radius 1 is 0.964 bits per heavy atom. The third-order valence-corrected chi connectivity index (χ3v) is 4.29. The van der Waals surface area contributed by atoms with Gasteiger partial charge in [0.05, 0.1) is 34.7 Å². The number of H-pyrrole nitrogens is 1. The zero-order chi connectivity index (χ0) is 20.1. The first kappa shape index (κ1) is 19.4. The Morgan fingerprint density at radius 3 is 2.21 bits per heavy atom. The van der Waals surface area contributed by atoms with Crippen LogP contribution in [-0.4, -0.2) is 49.5 Å². The van der Waals surface area contributed by atoms with Crippen LogP contribution in [-0.2, 0) is 0 Å². The lowest BCUT2D eigenvalue weighted by atomic mass is 10.1. The number of methoxy groups -OCH3 is 4. The topological polar surface area (TPSA) is 82.9 Å². The van der Waals surface area contributed by atoms with Crippen molar-refractivity contribution in [2.24, 2.45) is 5.10 Å². The molecule has 1 N–H and O–H groups in total. The maximum absolute atomic E-state index is 5.41. The largest absolute Gasteiger partial charge is 0.496 e. The summed E-state index contributed by atoms with van der Waals surface area (Å²) in [5.41, 5.74) is 1.50. The summed E-state index contributed by atoms with van der Waals surface area (Å²) in [6, 6.07) is 11.1. The minimum atomic E-state index is 0.342. The van der Waals surface area contributed by atoms with Crippen LogP contribution in [0.1, 0.15) is 5.56 Å². The van der Waals surface area contributed by atoms with Crippen molar-refractivity contribution in [3.05, 3.63) is 46.7 Å². The summed E-state index contributed by atoms with van der Waals surface area (Å²) in [5, 5.41) is 11.5. The number of para-hydroxylation sites is 1. The number of aromatic nitrogens is 3. The van der Waals surface area contributed by atoms with E-state index in [2.05, 4.69) is 15.3 Å². The predicted octanol–water partition coefficient (Wildman–Crippen LogP) is 3.52. The smallest absolute Gasteiger partial charge is 0.216 e. The fraction of sp³-hybridized carbons (Fsp3) is 0.211. The summed E-state index contributed by atoms with van der Waals surface area (Å²) < 4.78 is 23.4. The average Bonchev–Trinajstić information content (AvgIpc) is 3.11. The summed E-state index contributed by atoms with van der Waals surface area (Å²) in [7, 11) is 6.27. The first-order chi connectivity index (χ1) is 13.6. The van der Waals surface area contributed by atoms with Crippen molar-refractivity contribution in [3.63, 3.8) is 0 Å². The predicted molar refractivity (Wildman–Crippen MR) is 108 cm³/mol. The standard InChI is InChI=1S/C19H20N4O4S/c1-24-14-8-6-5-7-12(14)11-20-23-18(21-22-19(23)28)13-9-15(25-2)17(27-4)16(10-13)26-3/h5-11H,1-4H3,(H,22,28)/b20-11-. The van der Waals surface area contributed by atoms with E-state index in [1.165, 1.54) is 4.68 Å². The highest BCUT2D eigenvalue weighted by Crippen LogP contribution is 2.40. The van der Waals surface area contributed by atoms with Gasteiger partial charge in [-0.3, -0.25) is 0 Å². The molecule has 0 bridgehead atoms. The van der Waals surface area contributed by atoms with Gasteiger partial charge in [-0.1, -0.05) is 12.1 Å². The number of nitrogens with one attached hydrogen (secondary N) is 1. The van der Waals surface area contributed by atoms with Gasteiger partial charge in [0.15, 0.2) is 17.3 Å². The molecule has 0 saturated heterocycles. The van der Waals surface area contributed by atoms with Crippen LogP contribution in [0.15, 0.2) is 41.5 Å². The summed E-state index contributed by atoms with van der Waals surface area (Å²) in [6.07, 6.45) is 1.66. The fourth-order valence-electron chi connectivity index (χ4n) is 2.69. The average molecular weight is 400 g/mol. The molecule has 0 radical (unpaired) electrons. The van der Waals surface area contributed by atoms with Gasteiger partial charge >= 0.3 is 0 Å². The minimum Gasteiger partial charge on any atom is -0.496 e. The van der Waals surface area contributed by atoms with E-state index in [4.69, 9.17) is 31.2 Å². The molecule has 3 rings (SSSR count). The zero-order valence-corrected chi connectivity index (χ0v) is 16.7. The molecule has 0 atom stereocenters. The lowest BCUT2D eigenvalue weighted by Gasteiger charge is -2.13. The van der Waals surface area contributed by atoms with Crippen molar-refractivity contribution >= 4 is 18.4 Å². The molecule has 146 valence electrons. The van der Waals surface area contributed by atoms with Crippen LogP contribution in [0.2, 0.25) is 0 Å². The Kier molecular flexibility index (Phi) is 5.95. The van der Waals surface area contributed by atoms with Crippen molar-refractivity contribution in [1.29, 1.82) is 0 Å². The second kappa shape index (κ2) is 8.57. The van der Waals surface area contributed by atoms with Crippen molar-refractivity contribution in [2.45, 2.75) is 0 Å². The molecule has 0 spiro atoms. The van der Waals surface area contributed by atoms with Crippen LogP contribution in [0.4, 0.5) is 0 Å². The van der Waals surface area contributed by atoms with E-state index in [0.29, 0.717) is 39.2 Å². The highest BCUT2D eigenvalue weighted by atomic mass is 32.1. The van der Waals surface area contributed by atoms with Crippen molar-refractivity contribution in [3.8, 4) is 34.4 Å². The first-order valence-electron chi connectivity index (χ1n) is 8.28. The van der Waals surface area contributed by atoms with E-state index in [1.807, 2.05) is 24.3 Å². The van der Waals surface area contributed by atoms with Crippen LogP contribution < -0.4 is 18.9 Å². The van der Waals surface area contributed by atoms with Gasteiger partial charge in [0.1, 0.15) is 5.75 Å². The van der Waals surface area contributed by atoms with Crippen LogP contribution in [0.3, 0.4) is 0 Å². The first-order valence-corrected chi connectivity index (χ1v) is 8.69. The minimum absolute atomic E-state index is 0.342. The second-order valence-corrected chi connectivity index (χ2v) is 5.95. The van der Waals surface area contributed by atoms with Crippen molar-refractivity contribution in [1.82, 2.24) is 14.9 Å².